The number of nitrogens with two attached hydrogens (primary N) is 1. The van der Waals surface area contributed by atoms with Crippen LogP contribution in [0.5, 0.6) is 0 Å². The number of halogens is 1. The van der Waals surface area contributed by atoms with Crippen molar-refractivity contribution in [3.8, 4) is 0 Å². The van der Waals surface area contributed by atoms with E-state index in [1.54, 1.807) is 12.1 Å². The maximum Gasteiger partial charge on any atom is 0.127 e. The largest absolute Gasteiger partial charge is 0.330 e. The molecule has 0 amide bonds. The van der Waals surface area contributed by atoms with Crippen LogP contribution in [0.15, 0.2) is 24.3 Å². The van der Waals surface area contributed by atoms with Crippen LogP contribution in [0, 0.1) is 5.82 Å². The number of hydrogen-bond donors (Lipinski definition) is 1. The minimum atomic E-state index is -0.0910. The Bertz CT molecular complexity index is 383. The van der Waals surface area contributed by atoms with Crippen LogP contribution in [0.25, 0.3) is 0 Å². The zero-order chi connectivity index (χ0) is 13.5. The van der Waals surface area contributed by atoms with Crippen LogP contribution in [0.4, 0.5) is 4.39 Å². The molecule has 0 radical (unpaired) electrons. The van der Waals surface area contributed by atoms with E-state index >= 15 is 0 Å². The Morgan fingerprint density at radius 1 is 1.05 bits per heavy atom. The number of hydrogen-bond acceptors (Lipinski definition) is 3. The normalized spacial score (nSPS) is 18.4. The lowest BCUT2D eigenvalue weighted by atomic mass is 10.2. The highest BCUT2D eigenvalue weighted by molar-refractivity contribution is 5.17. The topological polar surface area (TPSA) is 32.5 Å². The first-order valence-corrected chi connectivity index (χ1v) is 7.18. The second-order valence-electron chi connectivity index (χ2n) is 5.20. The van der Waals surface area contributed by atoms with Crippen molar-refractivity contribution in [1.29, 1.82) is 0 Å². The number of rotatable bonds is 5. The van der Waals surface area contributed by atoms with E-state index in [0.717, 1.165) is 64.2 Å². The highest BCUT2D eigenvalue weighted by Gasteiger charge is 2.15. The molecule has 1 aliphatic heterocycles. The lowest BCUT2D eigenvalue weighted by Gasteiger charge is -2.21. The fourth-order valence-electron chi connectivity index (χ4n) is 2.59. The molecule has 1 fully saturated rings. The lowest BCUT2D eigenvalue weighted by Crippen LogP contribution is -2.32. The third-order valence-electron chi connectivity index (χ3n) is 3.71. The summed E-state index contributed by atoms with van der Waals surface area (Å²) in [5.74, 6) is -0.0910. The summed E-state index contributed by atoms with van der Waals surface area (Å²) < 4.78 is 13.6. The van der Waals surface area contributed by atoms with E-state index in [2.05, 4.69) is 9.80 Å². The molecule has 106 valence electrons. The van der Waals surface area contributed by atoms with Gasteiger partial charge in [-0.3, -0.25) is 4.90 Å². The summed E-state index contributed by atoms with van der Waals surface area (Å²) in [6.45, 7) is 6.82. The quantitative estimate of drug-likeness (QED) is 0.879. The molecule has 1 aliphatic rings. The van der Waals surface area contributed by atoms with Crippen molar-refractivity contribution < 1.29 is 4.39 Å². The number of benzene rings is 1. The molecule has 2 N–H and O–H groups in total. The third kappa shape index (κ3) is 4.56. The van der Waals surface area contributed by atoms with Crippen LogP contribution in [-0.4, -0.2) is 49.1 Å². The molecule has 0 saturated carbocycles. The molecule has 0 unspecified atom stereocenters. The monoisotopic (exact) mass is 265 g/mol. The second-order valence-corrected chi connectivity index (χ2v) is 5.20. The molecule has 19 heavy (non-hydrogen) atoms. The van der Waals surface area contributed by atoms with E-state index < -0.39 is 0 Å². The number of nitrogens with zero attached hydrogens (tertiary/aromatic N) is 2. The minimum Gasteiger partial charge on any atom is -0.330 e. The fourth-order valence-corrected chi connectivity index (χ4v) is 2.59. The van der Waals surface area contributed by atoms with E-state index in [-0.39, 0.29) is 5.82 Å². The molecule has 1 heterocycles. The molecule has 3 nitrogen and oxygen atoms in total. The zero-order valence-electron chi connectivity index (χ0n) is 11.5. The maximum absolute atomic E-state index is 13.6. The summed E-state index contributed by atoms with van der Waals surface area (Å²) in [7, 11) is 0. The Hall–Kier alpha value is -0.970. The molecule has 0 aliphatic carbocycles. The van der Waals surface area contributed by atoms with Gasteiger partial charge in [0, 0.05) is 25.2 Å². The van der Waals surface area contributed by atoms with Gasteiger partial charge in [0.2, 0.25) is 0 Å². The Morgan fingerprint density at radius 2 is 1.79 bits per heavy atom. The molecule has 1 aromatic carbocycles. The van der Waals surface area contributed by atoms with Gasteiger partial charge in [-0.2, -0.15) is 0 Å². The molecule has 4 heteroatoms. The van der Waals surface area contributed by atoms with Gasteiger partial charge in [0.15, 0.2) is 0 Å². The lowest BCUT2D eigenvalue weighted by molar-refractivity contribution is 0.249. The van der Waals surface area contributed by atoms with E-state index in [1.807, 2.05) is 12.1 Å². The fraction of sp³-hybridized carbons (Fsp3) is 0.600. The molecular formula is C15H24FN3. The van der Waals surface area contributed by atoms with Crippen molar-refractivity contribution in [2.45, 2.75) is 19.4 Å². The van der Waals surface area contributed by atoms with Gasteiger partial charge in [0.05, 0.1) is 0 Å². The van der Waals surface area contributed by atoms with Gasteiger partial charge in [0.1, 0.15) is 5.82 Å². The molecule has 0 atom stereocenters. The van der Waals surface area contributed by atoms with Gasteiger partial charge >= 0.3 is 0 Å². The zero-order valence-corrected chi connectivity index (χ0v) is 11.5. The molecule has 1 aromatic rings. The van der Waals surface area contributed by atoms with Crippen molar-refractivity contribution in [2.24, 2.45) is 5.73 Å². The molecule has 2 rings (SSSR count). The van der Waals surface area contributed by atoms with Gasteiger partial charge in [-0.1, -0.05) is 18.2 Å². The van der Waals surface area contributed by atoms with Crippen LogP contribution < -0.4 is 5.73 Å². The van der Waals surface area contributed by atoms with Crippen molar-refractivity contribution >= 4 is 0 Å². The van der Waals surface area contributed by atoms with Crippen molar-refractivity contribution in [1.82, 2.24) is 9.80 Å². The summed E-state index contributed by atoms with van der Waals surface area (Å²) in [6, 6.07) is 7.08. The smallest absolute Gasteiger partial charge is 0.127 e. The molecule has 1 saturated heterocycles. The van der Waals surface area contributed by atoms with Crippen molar-refractivity contribution in [3.63, 3.8) is 0 Å². The Kier molecular flexibility index (Phi) is 5.76. The van der Waals surface area contributed by atoms with Gasteiger partial charge in [0.25, 0.3) is 0 Å². The van der Waals surface area contributed by atoms with Gasteiger partial charge < -0.3 is 10.6 Å². The van der Waals surface area contributed by atoms with Gasteiger partial charge in [-0.25, -0.2) is 4.39 Å². The van der Waals surface area contributed by atoms with E-state index in [1.165, 1.54) is 0 Å². The average Bonchev–Trinajstić information content (AvgIpc) is 2.64. The first-order chi connectivity index (χ1) is 9.29. The first-order valence-electron chi connectivity index (χ1n) is 7.18. The second kappa shape index (κ2) is 7.58. The van der Waals surface area contributed by atoms with Crippen LogP contribution in [0.1, 0.15) is 18.4 Å². The summed E-state index contributed by atoms with van der Waals surface area (Å²) >= 11 is 0. The third-order valence-corrected chi connectivity index (χ3v) is 3.71. The van der Waals surface area contributed by atoms with Crippen LogP contribution in [-0.2, 0) is 6.54 Å². The summed E-state index contributed by atoms with van der Waals surface area (Å²) in [5.41, 5.74) is 6.36. The highest BCUT2D eigenvalue weighted by atomic mass is 19.1. The van der Waals surface area contributed by atoms with Crippen molar-refractivity contribution in [3.05, 3.63) is 35.6 Å². The van der Waals surface area contributed by atoms with Crippen molar-refractivity contribution in [2.75, 3.05) is 39.3 Å². The maximum atomic E-state index is 13.6. The summed E-state index contributed by atoms with van der Waals surface area (Å²) in [6.07, 6.45) is 2.21. The first kappa shape index (κ1) is 14.4. The van der Waals surface area contributed by atoms with Gasteiger partial charge in [-0.15, -0.1) is 0 Å². The van der Waals surface area contributed by atoms with E-state index in [9.17, 15) is 4.39 Å². The van der Waals surface area contributed by atoms with Crippen LogP contribution in [0.3, 0.4) is 0 Å². The SMILES string of the molecule is NCCCN1CCCN(Cc2ccccc2F)CC1. The van der Waals surface area contributed by atoms with Crippen LogP contribution in [0.2, 0.25) is 0 Å². The Labute approximate surface area is 115 Å². The van der Waals surface area contributed by atoms with Gasteiger partial charge in [-0.05, 0) is 45.1 Å². The standard InChI is InChI=1S/C15H24FN3/c16-15-6-2-1-5-14(15)13-19-10-4-9-18(11-12-19)8-3-7-17/h1-2,5-6H,3-4,7-13,17H2. The molecule has 0 bridgehead atoms. The van der Waals surface area contributed by atoms with E-state index in [4.69, 9.17) is 5.73 Å². The molecule has 0 aromatic heterocycles. The van der Waals surface area contributed by atoms with E-state index in [0.29, 0.717) is 0 Å². The predicted octanol–water partition coefficient (Wildman–Crippen LogP) is 1.68. The highest BCUT2D eigenvalue weighted by Crippen LogP contribution is 2.12. The average molecular weight is 265 g/mol. The molecule has 0 spiro atoms. The predicted molar refractivity (Wildman–Crippen MR) is 76.4 cm³/mol. The Balaban J connectivity index is 1.84. The minimum absolute atomic E-state index is 0.0910. The Morgan fingerprint density at radius 3 is 2.58 bits per heavy atom. The van der Waals surface area contributed by atoms with Crippen LogP contribution >= 0.6 is 0 Å². The molecular weight excluding hydrogens is 241 g/mol. The summed E-state index contributed by atoms with van der Waals surface area (Å²) in [4.78, 5) is 4.81. The summed E-state index contributed by atoms with van der Waals surface area (Å²) in [5, 5.41) is 0.